The topological polar surface area (TPSA) is 83.0 Å². The predicted molar refractivity (Wildman–Crippen MR) is 147 cm³/mol. The van der Waals surface area contributed by atoms with Gasteiger partial charge in [0.2, 0.25) is 5.91 Å². The molecule has 0 aliphatic carbocycles. The monoisotopic (exact) mass is 550 g/mol. The Labute approximate surface area is 221 Å². The van der Waals surface area contributed by atoms with Crippen molar-refractivity contribution in [3.05, 3.63) is 35.2 Å². The van der Waals surface area contributed by atoms with Gasteiger partial charge in [-0.05, 0) is 55.9 Å². The molecule has 0 saturated carbocycles. The number of fused-ring (bicyclic) bond motifs is 1. The second-order valence-electron chi connectivity index (χ2n) is 8.91. The molecule has 8 nitrogen and oxygen atoms in total. The zero-order chi connectivity index (χ0) is 25.9. The second kappa shape index (κ2) is 11.6. The number of methoxy groups -OCH3 is 1. The molecule has 3 aromatic rings. The molecule has 1 aliphatic heterocycles. The lowest BCUT2D eigenvalue weighted by atomic mass is 9.98. The van der Waals surface area contributed by atoms with Crippen LogP contribution >= 0.6 is 22.7 Å². The number of rotatable bonds is 10. The maximum Gasteiger partial charge on any atom is 0.252 e. The summed E-state index contributed by atoms with van der Waals surface area (Å²) >= 11 is 2.70. The molecule has 1 amide bonds. The number of amides is 1. The van der Waals surface area contributed by atoms with Crippen LogP contribution in [0.2, 0.25) is 0 Å². The van der Waals surface area contributed by atoms with Gasteiger partial charge in [-0.2, -0.15) is 4.31 Å². The van der Waals surface area contributed by atoms with Gasteiger partial charge >= 0.3 is 0 Å². The van der Waals surface area contributed by atoms with E-state index in [0.29, 0.717) is 47.6 Å². The summed E-state index contributed by atoms with van der Waals surface area (Å²) in [5.41, 5.74) is 1.83. The van der Waals surface area contributed by atoms with Crippen molar-refractivity contribution < 1.29 is 17.9 Å². The van der Waals surface area contributed by atoms with E-state index in [1.54, 1.807) is 29.5 Å². The van der Waals surface area contributed by atoms with Gasteiger partial charge in [0.05, 0.1) is 17.7 Å². The van der Waals surface area contributed by atoms with Crippen molar-refractivity contribution in [1.82, 2.24) is 14.2 Å². The number of carbonyl (C=O) groups is 1. The molecule has 2 aromatic heterocycles. The number of thiophene rings is 1. The van der Waals surface area contributed by atoms with E-state index in [4.69, 9.17) is 9.72 Å². The molecule has 4 rings (SSSR count). The number of hydrogen-bond donors (Lipinski definition) is 0. The summed E-state index contributed by atoms with van der Waals surface area (Å²) in [4.78, 5) is 22.9. The molecule has 0 radical (unpaired) electrons. The minimum Gasteiger partial charge on any atom is -0.494 e. The van der Waals surface area contributed by atoms with Crippen LogP contribution in [0.4, 0.5) is 5.13 Å². The normalized spacial score (nSPS) is 17.1. The second-order valence-corrected chi connectivity index (χ2v) is 13.0. The first-order chi connectivity index (χ1) is 17.3. The number of likely N-dealkylation sites (N-methyl/N-ethyl adjacent to an activating group) is 1. The van der Waals surface area contributed by atoms with Crippen molar-refractivity contribution in [2.75, 3.05) is 51.3 Å². The van der Waals surface area contributed by atoms with Crippen LogP contribution < -0.4 is 9.64 Å². The Bertz CT molecular complexity index is 1290. The standard InChI is InChI=1S/C25H34N4O4S3/c1-5-27(6-2)14-15-29(25-26-22-20(33-4)12-11-18(3)23(22)35-25)24(30)19-9-7-13-28(17-19)36(31,32)21-10-8-16-34-21/h8,10-12,16,19H,5-7,9,13-15,17H2,1-4H3. The fourth-order valence-corrected chi connectivity index (χ4v) is 8.33. The number of sulfonamides is 1. The van der Waals surface area contributed by atoms with Crippen LogP contribution in [0.25, 0.3) is 10.2 Å². The lowest BCUT2D eigenvalue weighted by molar-refractivity contribution is -0.123. The first-order valence-corrected chi connectivity index (χ1v) is 15.4. The van der Waals surface area contributed by atoms with Crippen LogP contribution in [0.5, 0.6) is 5.75 Å². The first-order valence-electron chi connectivity index (χ1n) is 12.3. The third-order valence-electron chi connectivity index (χ3n) is 6.77. The first kappa shape index (κ1) is 27.0. The van der Waals surface area contributed by atoms with Gasteiger partial charge in [-0.25, -0.2) is 13.4 Å². The molecule has 3 heterocycles. The van der Waals surface area contributed by atoms with Crippen molar-refractivity contribution >= 4 is 54.0 Å². The van der Waals surface area contributed by atoms with Crippen LogP contribution in [0.1, 0.15) is 32.3 Å². The number of hydrogen-bond acceptors (Lipinski definition) is 8. The zero-order valence-corrected chi connectivity index (χ0v) is 23.7. The Morgan fingerprint density at radius 3 is 2.67 bits per heavy atom. The molecule has 1 saturated heterocycles. The number of benzene rings is 1. The fraction of sp³-hybridized carbons (Fsp3) is 0.520. The van der Waals surface area contributed by atoms with Gasteiger partial charge in [-0.3, -0.25) is 9.69 Å². The lowest BCUT2D eigenvalue weighted by Crippen LogP contribution is -2.48. The van der Waals surface area contributed by atoms with E-state index in [9.17, 15) is 13.2 Å². The van der Waals surface area contributed by atoms with E-state index in [1.165, 1.54) is 27.0 Å². The van der Waals surface area contributed by atoms with Crippen molar-refractivity contribution in [3.63, 3.8) is 0 Å². The zero-order valence-electron chi connectivity index (χ0n) is 21.3. The average Bonchev–Trinajstić information content (AvgIpc) is 3.59. The Balaban J connectivity index is 1.65. The summed E-state index contributed by atoms with van der Waals surface area (Å²) in [6.45, 7) is 9.86. The molecule has 1 atom stereocenters. The number of thiazole rings is 1. The number of nitrogens with zero attached hydrogens (tertiary/aromatic N) is 4. The van der Waals surface area contributed by atoms with Gasteiger partial charge in [0, 0.05) is 26.2 Å². The quantitative estimate of drug-likeness (QED) is 0.371. The number of ether oxygens (including phenoxy) is 1. The van der Waals surface area contributed by atoms with Crippen molar-refractivity contribution in [2.24, 2.45) is 5.92 Å². The maximum absolute atomic E-state index is 14.0. The third-order valence-corrected chi connectivity index (χ3v) is 11.2. The Morgan fingerprint density at radius 2 is 2.00 bits per heavy atom. The van der Waals surface area contributed by atoms with Crippen LogP contribution in [0.15, 0.2) is 33.9 Å². The van der Waals surface area contributed by atoms with E-state index in [-0.39, 0.29) is 12.5 Å². The highest BCUT2D eigenvalue weighted by Crippen LogP contribution is 2.37. The largest absolute Gasteiger partial charge is 0.494 e. The summed E-state index contributed by atoms with van der Waals surface area (Å²) in [5, 5.41) is 2.39. The minimum absolute atomic E-state index is 0.0658. The predicted octanol–water partition coefficient (Wildman–Crippen LogP) is 4.45. The van der Waals surface area contributed by atoms with Crippen LogP contribution in [-0.2, 0) is 14.8 Å². The fourth-order valence-electron chi connectivity index (χ4n) is 4.58. The molecule has 36 heavy (non-hydrogen) atoms. The highest BCUT2D eigenvalue weighted by molar-refractivity contribution is 7.91. The van der Waals surface area contributed by atoms with Gasteiger partial charge < -0.3 is 9.64 Å². The summed E-state index contributed by atoms with van der Waals surface area (Å²) in [5.74, 6) is 0.198. The molecule has 0 bridgehead atoms. The molecule has 1 unspecified atom stereocenters. The van der Waals surface area contributed by atoms with Gasteiger partial charge in [0.1, 0.15) is 15.5 Å². The van der Waals surface area contributed by atoms with E-state index >= 15 is 0 Å². The third kappa shape index (κ3) is 5.45. The van der Waals surface area contributed by atoms with E-state index < -0.39 is 15.9 Å². The molecular formula is C25H34N4O4S3. The van der Waals surface area contributed by atoms with Crippen LogP contribution in [-0.4, -0.2) is 74.9 Å². The number of piperidine rings is 1. The number of aromatic nitrogens is 1. The van der Waals surface area contributed by atoms with Crippen molar-refractivity contribution in [2.45, 2.75) is 37.8 Å². The smallest absolute Gasteiger partial charge is 0.252 e. The van der Waals surface area contributed by atoms with Crippen LogP contribution in [0.3, 0.4) is 0 Å². The van der Waals surface area contributed by atoms with Crippen molar-refractivity contribution in [3.8, 4) is 5.75 Å². The molecule has 1 aromatic carbocycles. The highest BCUT2D eigenvalue weighted by Gasteiger charge is 2.36. The molecule has 196 valence electrons. The maximum atomic E-state index is 14.0. The van der Waals surface area contributed by atoms with Gasteiger partial charge in [-0.15, -0.1) is 11.3 Å². The Hall–Kier alpha value is -2.05. The number of carbonyl (C=O) groups excluding carboxylic acids is 1. The van der Waals surface area contributed by atoms with Gasteiger partial charge in [0.25, 0.3) is 10.0 Å². The molecular weight excluding hydrogens is 517 g/mol. The highest BCUT2D eigenvalue weighted by atomic mass is 32.2. The molecule has 11 heteroatoms. The van der Waals surface area contributed by atoms with Gasteiger partial charge in [0.15, 0.2) is 5.13 Å². The van der Waals surface area contributed by atoms with Crippen molar-refractivity contribution in [1.29, 1.82) is 0 Å². The number of anilines is 1. The number of aryl methyl sites for hydroxylation is 1. The molecule has 1 aliphatic rings. The van der Waals surface area contributed by atoms with E-state index in [1.807, 2.05) is 19.1 Å². The summed E-state index contributed by atoms with van der Waals surface area (Å²) in [6, 6.07) is 7.26. The van der Waals surface area contributed by atoms with Crippen LogP contribution in [0, 0.1) is 12.8 Å². The minimum atomic E-state index is -3.60. The molecule has 0 spiro atoms. The summed E-state index contributed by atoms with van der Waals surface area (Å²) < 4.78 is 34.6. The average molecular weight is 551 g/mol. The Morgan fingerprint density at radius 1 is 1.22 bits per heavy atom. The summed E-state index contributed by atoms with van der Waals surface area (Å²) in [7, 11) is -1.98. The Kier molecular flexibility index (Phi) is 8.67. The molecule has 1 fully saturated rings. The van der Waals surface area contributed by atoms with Gasteiger partial charge in [-0.1, -0.05) is 37.3 Å². The SMILES string of the molecule is CCN(CC)CCN(C(=O)C1CCCN(S(=O)(=O)c2cccs2)C1)c1nc2c(OC)ccc(C)c2s1. The lowest BCUT2D eigenvalue weighted by Gasteiger charge is -2.34. The molecule has 0 N–H and O–H groups in total. The van der Waals surface area contributed by atoms with E-state index in [0.717, 1.165) is 28.9 Å². The van der Waals surface area contributed by atoms with E-state index in [2.05, 4.69) is 18.7 Å². The summed E-state index contributed by atoms with van der Waals surface area (Å²) in [6.07, 6.45) is 1.31.